The smallest absolute Gasteiger partial charge is 0.103 e. The van der Waals surface area contributed by atoms with Gasteiger partial charge in [-0.3, -0.25) is 11.3 Å². The lowest BCUT2D eigenvalue weighted by Gasteiger charge is -2.26. The van der Waals surface area contributed by atoms with E-state index in [0.29, 0.717) is 5.92 Å². The Morgan fingerprint density at radius 3 is 1.90 bits per heavy atom. The summed E-state index contributed by atoms with van der Waals surface area (Å²) in [5, 5.41) is 0. The van der Waals surface area contributed by atoms with Crippen molar-refractivity contribution in [3.63, 3.8) is 0 Å². The highest BCUT2D eigenvalue weighted by atomic mass is 16.5. The molecule has 0 aromatic heterocycles. The Bertz CT molecular complexity index is 537. The van der Waals surface area contributed by atoms with E-state index in [1.165, 1.54) is 5.56 Å². The summed E-state index contributed by atoms with van der Waals surface area (Å²) < 4.78 is 5.68. The predicted molar refractivity (Wildman–Crippen MR) is 86.8 cm³/mol. The number of rotatable bonds is 6. The number of nitrogens with two attached hydrogens (primary N) is 1. The quantitative estimate of drug-likeness (QED) is 0.628. The average molecular weight is 284 g/mol. The lowest BCUT2D eigenvalue weighted by molar-refractivity contribution is 0.0676. The number of nitrogens with one attached hydrogen (secondary N) is 1. The van der Waals surface area contributed by atoms with E-state index in [0.717, 1.165) is 11.1 Å². The third-order valence-electron chi connectivity index (χ3n) is 3.83. The van der Waals surface area contributed by atoms with E-state index >= 15 is 0 Å². The van der Waals surface area contributed by atoms with Crippen molar-refractivity contribution >= 4 is 0 Å². The Hall–Kier alpha value is -1.68. The first-order valence-corrected chi connectivity index (χ1v) is 7.31. The van der Waals surface area contributed by atoms with Crippen molar-refractivity contribution in [2.24, 2.45) is 5.84 Å². The van der Waals surface area contributed by atoms with Crippen LogP contribution in [0.5, 0.6) is 0 Å². The molecule has 0 aliphatic carbocycles. The molecule has 2 atom stereocenters. The standard InChI is InChI=1S/C18H24N2O/c1-13(2)14-9-11-15(12-10-14)17(20-19)18(21-3)16-7-5-4-6-8-16/h4-13,17-18,20H,19H2,1-3H3. The number of hydrazine groups is 1. The van der Waals surface area contributed by atoms with Gasteiger partial charge in [-0.25, -0.2) is 0 Å². The summed E-state index contributed by atoms with van der Waals surface area (Å²) in [6.45, 7) is 4.38. The van der Waals surface area contributed by atoms with E-state index in [4.69, 9.17) is 10.6 Å². The predicted octanol–water partition coefficient (Wildman–Crippen LogP) is 3.70. The van der Waals surface area contributed by atoms with Crippen LogP contribution in [-0.2, 0) is 4.74 Å². The summed E-state index contributed by atoms with van der Waals surface area (Å²) in [7, 11) is 1.71. The second-order valence-corrected chi connectivity index (χ2v) is 5.53. The van der Waals surface area contributed by atoms with Gasteiger partial charge in [0.1, 0.15) is 6.10 Å². The van der Waals surface area contributed by atoms with Crippen LogP contribution in [0.15, 0.2) is 54.6 Å². The van der Waals surface area contributed by atoms with Gasteiger partial charge in [0.15, 0.2) is 0 Å². The Labute approximate surface area is 127 Å². The van der Waals surface area contributed by atoms with Gasteiger partial charge in [-0.05, 0) is 22.6 Å². The monoisotopic (exact) mass is 284 g/mol. The first kappa shape index (κ1) is 15.7. The summed E-state index contributed by atoms with van der Waals surface area (Å²) in [5.74, 6) is 6.31. The topological polar surface area (TPSA) is 47.3 Å². The van der Waals surface area contributed by atoms with Crippen LogP contribution in [-0.4, -0.2) is 7.11 Å². The SMILES string of the molecule is COC(c1ccccc1)C(NN)c1ccc(C(C)C)cc1. The highest BCUT2D eigenvalue weighted by Gasteiger charge is 2.23. The van der Waals surface area contributed by atoms with Crippen molar-refractivity contribution in [1.29, 1.82) is 0 Å². The summed E-state index contributed by atoms with van der Waals surface area (Å²) in [4.78, 5) is 0. The van der Waals surface area contributed by atoms with E-state index in [9.17, 15) is 0 Å². The lowest BCUT2D eigenvalue weighted by Crippen LogP contribution is -2.33. The Morgan fingerprint density at radius 1 is 0.857 bits per heavy atom. The highest BCUT2D eigenvalue weighted by Crippen LogP contribution is 2.31. The minimum Gasteiger partial charge on any atom is -0.375 e. The Morgan fingerprint density at radius 2 is 1.43 bits per heavy atom. The molecule has 2 aromatic rings. The molecule has 0 bridgehead atoms. The molecule has 0 heterocycles. The summed E-state index contributed by atoms with van der Waals surface area (Å²) in [6, 6.07) is 18.6. The van der Waals surface area contributed by atoms with Gasteiger partial charge in [0.2, 0.25) is 0 Å². The van der Waals surface area contributed by atoms with E-state index < -0.39 is 0 Å². The molecule has 2 rings (SSSR count). The van der Waals surface area contributed by atoms with Crippen LogP contribution in [0.4, 0.5) is 0 Å². The van der Waals surface area contributed by atoms with E-state index in [2.05, 4.69) is 55.7 Å². The molecule has 2 unspecified atom stereocenters. The van der Waals surface area contributed by atoms with Crippen molar-refractivity contribution in [2.75, 3.05) is 7.11 Å². The minimum atomic E-state index is -0.124. The van der Waals surface area contributed by atoms with Gasteiger partial charge >= 0.3 is 0 Å². The maximum Gasteiger partial charge on any atom is 0.103 e. The normalized spacial score (nSPS) is 14.1. The van der Waals surface area contributed by atoms with Crippen LogP contribution < -0.4 is 11.3 Å². The third-order valence-corrected chi connectivity index (χ3v) is 3.83. The molecular formula is C18H24N2O. The first-order chi connectivity index (χ1) is 10.2. The molecule has 112 valence electrons. The minimum absolute atomic E-state index is 0.0846. The highest BCUT2D eigenvalue weighted by molar-refractivity contribution is 5.30. The molecule has 0 spiro atoms. The molecule has 0 amide bonds. The maximum atomic E-state index is 5.79. The molecule has 0 saturated carbocycles. The number of hydrogen-bond acceptors (Lipinski definition) is 3. The number of ether oxygens (including phenoxy) is 1. The number of hydrogen-bond donors (Lipinski definition) is 2. The summed E-state index contributed by atoms with van der Waals surface area (Å²) in [6.07, 6.45) is -0.124. The summed E-state index contributed by atoms with van der Waals surface area (Å²) >= 11 is 0. The zero-order valence-corrected chi connectivity index (χ0v) is 12.9. The molecule has 0 fully saturated rings. The van der Waals surface area contributed by atoms with Crippen molar-refractivity contribution in [3.8, 4) is 0 Å². The fourth-order valence-electron chi connectivity index (χ4n) is 2.55. The van der Waals surface area contributed by atoms with Crippen LogP contribution in [0.1, 0.15) is 48.6 Å². The molecular weight excluding hydrogens is 260 g/mol. The summed E-state index contributed by atoms with van der Waals surface area (Å²) in [5.41, 5.74) is 6.44. The molecule has 3 heteroatoms. The Balaban J connectivity index is 2.29. The molecule has 0 radical (unpaired) electrons. The molecule has 3 N–H and O–H groups in total. The van der Waals surface area contributed by atoms with Crippen LogP contribution in [0, 0.1) is 0 Å². The lowest BCUT2D eigenvalue weighted by atomic mass is 9.94. The second kappa shape index (κ2) is 7.36. The number of methoxy groups -OCH3 is 1. The van der Waals surface area contributed by atoms with Crippen LogP contribution in [0.25, 0.3) is 0 Å². The fourth-order valence-corrected chi connectivity index (χ4v) is 2.55. The van der Waals surface area contributed by atoms with Gasteiger partial charge in [0.25, 0.3) is 0 Å². The zero-order valence-electron chi connectivity index (χ0n) is 12.9. The van der Waals surface area contributed by atoms with Crippen molar-refractivity contribution < 1.29 is 4.74 Å². The molecule has 0 saturated heterocycles. The van der Waals surface area contributed by atoms with Crippen molar-refractivity contribution in [2.45, 2.75) is 31.9 Å². The van der Waals surface area contributed by atoms with Crippen molar-refractivity contribution in [3.05, 3.63) is 71.3 Å². The second-order valence-electron chi connectivity index (χ2n) is 5.53. The van der Waals surface area contributed by atoms with Gasteiger partial charge in [-0.1, -0.05) is 68.4 Å². The van der Waals surface area contributed by atoms with Gasteiger partial charge in [-0.2, -0.15) is 0 Å². The van der Waals surface area contributed by atoms with Gasteiger partial charge in [0.05, 0.1) is 6.04 Å². The number of benzene rings is 2. The van der Waals surface area contributed by atoms with Gasteiger partial charge < -0.3 is 4.74 Å². The molecule has 0 aliphatic rings. The fraction of sp³-hybridized carbons (Fsp3) is 0.333. The maximum absolute atomic E-state index is 5.79. The van der Waals surface area contributed by atoms with Gasteiger partial charge in [0, 0.05) is 7.11 Å². The Kier molecular flexibility index (Phi) is 5.51. The molecule has 2 aromatic carbocycles. The van der Waals surface area contributed by atoms with Crippen LogP contribution in [0.2, 0.25) is 0 Å². The first-order valence-electron chi connectivity index (χ1n) is 7.31. The van der Waals surface area contributed by atoms with E-state index in [1.54, 1.807) is 7.11 Å². The van der Waals surface area contributed by atoms with Gasteiger partial charge in [-0.15, -0.1) is 0 Å². The molecule has 0 aliphatic heterocycles. The third kappa shape index (κ3) is 3.70. The van der Waals surface area contributed by atoms with Crippen molar-refractivity contribution in [1.82, 2.24) is 5.43 Å². The average Bonchev–Trinajstić information content (AvgIpc) is 2.53. The zero-order chi connectivity index (χ0) is 15.2. The van der Waals surface area contributed by atoms with E-state index in [1.807, 2.05) is 18.2 Å². The van der Waals surface area contributed by atoms with Crippen LogP contribution >= 0.6 is 0 Å². The molecule has 3 nitrogen and oxygen atoms in total. The largest absolute Gasteiger partial charge is 0.375 e. The van der Waals surface area contributed by atoms with Crippen LogP contribution in [0.3, 0.4) is 0 Å². The molecule has 21 heavy (non-hydrogen) atoms. The van der Waals surface area contributed by atoms with E-state index in [-0.39, 0.29) is 12.1 Å².